The molecule has 0 saturated heterocycles. The summed E-state index contributed by atoms with van der Waals surface area (Å²) in [6, 6.07) is 4.66. The van der Waals surface area contributed by atoms with Crippen molar-refractivity contribution in [2.24, 2.45) is 5.92 Å². The number of hydrogen-bond donors (Lipinski definition) is 2. The molecule has 0 unspecified atom stereocenters. The van der Waals surface area contributed by atoms with Gasteiger partial charge in [-0.15, -0.1) is 0 Å². The molecule has 100 valence electrons. The van der Waals surface area contributed by atoms with Crippen molar-refractivity contribution in [3.8, 4) is 0 Å². The van der Waals surface area contributed by atoms with Gasteiger partial charge in [0.2, 0.25) is 0 Å². The number of carbonyl (C=O) groups excluding carboxylic acids is 1. The van der Waals surface area contributed by atoms with Gasteiger partial charge in [0, 0.05) is 18.0 Å². The van der Waals surface area contributed by atoms with Crippen molar-refractivity contribution in [1.29, 1.82) is 0 Å². The van der Waals surface area contributed by atoms with Crippen molar-refractivity contribution in [3.05, 3.63) is 23.8 Å². The van der Waals surface area contributed by atoms with Crippen LogP contribution in [0.25, 0.3) is 0 Å². The fraction of sp³-hybridized carbons (Fsp3) is 0.462. The summed E-state index contributed by atoms with van der Waals surface area (Å²) in [4.78, 5) is 11.7. The lowest BCUT2D eigenvalue weighted by molar-refractivity contribution is 0.0278. The van der Waals surface area contributed by atoms with Crippen molar-refractivity contribution >= 4 is 17.3 Å². The Morgan fingerprint density at radius 2 is 1.78 bits per heavy atom. The summed E-state index contributed by atoms with van der Waals surface area (Å²) < 4.78 is 10.3. The van der Waals surface area contributed by atoms with Crippen LogP contribution in [0.2, 0.25) is 0 Å². The highest BCUT2D eigenvalue weighted by Gasteiger charge is 2.08. The van der Waals surface area contributed by atoms with E-state index in [0.29, 0.717) is 36.1 Å². The minimum atomic E-state index is -0.442. The lowest BCUT2D eigenvalue weighted by Crippen LogP contribution is -2.13. The molecule has 0 amide bonds. The van der Waals surface area contributed by atoms with Crippen LogP contribution in [0.1, 0.15) is 24.2 Å². The standard InChI is InChI=1S/C13H20N2O3/c1-9(2)8-17-3-4-18-13(16)10-5-11(14)7-12(15)6-10/h5-7,9H,3-4,8,14-15H2,1-2H3. The van der Waals surface area contributed by atoms with Crippen molar-refractivity contribution in [1.82, 2.24) is 0 Å². The van der Waals surface area contributed by atoms with Gasteiger partial charge in [-0.3, -0.25) is 0 Å². The summed E-state index contributed by atoms with van der Waals surface area (Å²) in [5.41, 5.74) is 12.4. The van der Waals surface area contributed by atoms with Gasteiger partial charge >= 0.3 is 5.97 Å². The van der Waals surface area contributed by atoms with E-state index in [-0.39, 0.29) is 6.61 Å². The van der Waals surface area contributed by atoms with Crippen LogP contribution < -0.4 is 11.5 Å². The second-order valence-electron chi connectivity index (χ2n) is 4.49. The number of carbonyl (C=O) groups is 1. The van der Waals surface area contributed by atoms with Crippen LogP contribution in [0, 0.1) is 5.92 Å². The molecule has 0 bridgehead atoms. The summed E-state index contributed by atoms with van der Waals surface area (Å²) in [5, 5.41) is 0. The zero-order valence-corrected chi connectivity index (χ0v) is 10.8. The molecule has 0 radical (unpaired) electrons. The van der Waals surface area contributed by atoms with Crippen LogP contribution in [-0.4, -0.2) is 25.8 Å². The second-order valence-corrected chi connectivity index (χ2v) is 4.49. The summed E-state index contributed by atoms with van der Waals surface area (Å²) in [7, 11) is 0. The number of benzene rings is 1. The van der Waals surface area contributed by atoms with Gasteiger partial charge in [0.1, 0.15) is 6.61 Å². The zero-order chi connectivity index (χ0) is 13.5. The number of rotatable bonds is 6. The molecule has 0 aliphatic heterocycles. The molecule has 0 spiro atoms. The quantitative estimate of drug-likeness (QED) is 0.457. The smallest absolute Gasteiger partial charge is 0.338 e. The minimum Gasteiger partial charge on any atom is -0.460 e. The Hall–Kier alpha value is -1.75. The van der Waals surface area contributed by atoms with E-state index in [1.165, 1.54) is 12.1 Å². The Morgan fingerprint density at radius 1 is 1.17 bits per heavy atom. The van der Waals surface area contributed by atoms with E-state index >= 15 is 0 Å². The molecule has 0 aliphatic carbocycles. The average molecular weight is 252 g/mol. The normalized spacial score (nSPS) is 10.6. The number of nitrogens with two attached hydrogens (primary N) is 2. The Morgan fingerprint density at radius 3 is 2.33 bits per heavy atom. The zero-order valence-electron chi connectivity index (χ0n) is 10.8. The molecule has 0 fully saturated rings. The van der Waals surface area contributed by atoms with Crippen LogP contribution in [0.15, 0.2) is 18.2 Å². The third-order valence-electron chi connectivity index (χ3n) is 2.13. The Balaban J connectivity index is 2.36. The third kappa shape index (κ3) is 5.05. The Kier molecular flexibility index (Phi) is 5.45. The highest BCUT2D eigenvalue weighted by molar-refractivity contribution is 5.91. The van der Waals surface area contributed by atoms with Crippen LogP contribution in [-0.2, 0) is 9.47 Å². The van der Waals surface area contributed by atoms with Crippen LogP contribution >= 0.6 is 0 Å². The average Bonchev–Trinajstić information content (AvgIpc) is 2.26. The summed E-state index contributed by atoms with van der Waals surface area (Å²) >= 11 is 0. The van der Waals surface area contributed by atoms with Gasteiger partial charge in [-0.25, -0.2) is 4.79 Å². The molecule has 18 heavy (non-hydrogen) atoms. The molecule has 0 atom stereocenters. The van der Waals surface area contributed by atoms with Gasteiger partial charge in [-0.2, -0.15) is 0 Å². The van der Waals surface area contributed by atoms with E-state index in [9.17, 15) is 4.79 Å². The highest BCUT2D eigenvalue weighted by Crippen LogP contribution is 2.14. The summed E-state index contributed by atoms with van der Waals surface area (Å²) in [6.07, 6.45) is 0. The number of nitrogen functional groups attached to an aromatic ring is 2. The maximum Gasteiger partial charge on any atom is 0.338 e. The largest absolute Gasteiger partial charge is 0.460 e. The molecule has 5 heteroatoms. The first-order chi connectivity index (χ1) is 8.49. The molecule has 0 aromatic heterocycles. The predicted molar refractivity (Wildman–Crippen MR) is 71.2 cm³/mol. The van der Waals surface area contributed by atoms with Crippen molar-refractivity contribution < 1.29 is 14.3 Å². The molecule has 1 aromatic rings. The summed E-state index contributed by atoms with van der Waals surface area (Å²) in [5.74, 6) is 0.0246. The maximum absolute atomic E-state index is 11.7. The fourth-order valence-electron chi connectivity index (χ4n) is 1.39. The van der Waals surface area contributed by atoms with E-state index in [0.717, 1.165) is 0 Å². The van der Waals surface area contributed by atoms with Gasteiger partial charge in [0.15, 0.2) is 0 Å². The van der Waals surface area contributed by atoms with Gasteiger partial charge in [-0.05, 0) is 24.1 Å². The van der Waals surface area contributed by atoms with Crippen LogP contribution in [0.3, 0.4) is 0 Å². The molecule has 5 nitrogen and oxygen atoms in total. The molecule has 1 rings (SSSR count). The first kappa shape index (κ1) is 14.3. The Bertz CT molecular complexity index is 385. The first-order valence-corrected chi connectivity index (χ1v) is 5.90. The van der Waals surface area contributed by atoms with Gasteiger partial charge in [-0.1, -0.05) is 13.8 Å². The van der Waals surface area contributed by atoms with E-state index in [1.807, 2.05) is 0 Å². The van der Waals surface area contributed by atoms with Crippen LogP contribution in [0.4, 0.5) is 11.4 Å². The van der Waals surface area contributed by atoms with Gasteiger partial charge in [0.25, 0.3) is 0 Å². The molecule has 0 aliphatic rings. The van der Waals surface area contributed by atoms with Gasteiger partial charge < -0.3 is 20.9 Å². The molecule has 0 heterocycles. The lowest BCUT2D eigenvalue weighted by atomic mass is 10.2. The molecule has 0 saturated carbocycles. The van der Waals surface area contributed by atoms with E-state index < -0.39 is 5.97 Å². The Labute approximate surface area is 107 Å². The van der Waals surface area contributed by atoms with E-state index in [2.05, 4.69) is 13.8 Å². The van der Waals surface area contributed by atoms with Crippen molar-refractivity contribution in [3.63, 3.8) is 0 Å². The first-order valence-electron chi connectivity index (χ1n) is 5.90. The minimum absolute atomic E-state index is 0.222. The number of esters is 1. The predicted octanol–water partition coefficient (Wildman–Crippen LogP) is 1.68. The van der Waals surface area contributed by atoms with Crippen molar-refractivity contribution in [2.45, 2.75) is 13.8 Å². The number of anilines is 2. The van der Waals surface area contributed by atoms with E-state index in [4.69, 9.17) is 20.9 Å². The topological polar surface area (TPSA) is 87.6 Å². The van der Waals surface area contributed by atoms with E-state index in [1.54, 1.807) is 6.07 Å². The van der Waals surface area contributed by atoms with Crippen LogP contribution in [0.5, 0.6) is 0 Å². The SMILES string of the molecule is CC(C)COCCOC(=O)c1cc(N)cc(N)c1. The monoisotopic (exact) mass is 252 g/mol. The number of hydrogen-bond acceptors (Lipinski definition) is 5. The molecule has 4 N–H and O–H groups in total. The lowest BCUT2D eigenvalue weighted by Gasteiger charge is -2.08. The fourth-order valence-corrected chi connectivity index (χ4v) is 1.39. The number of ether oxygens (including phenoxy) is 2. The van der Waals surface area contributed by atoms with Gasteiger partial charge in [0.05, 0.1) is 12.2 Å². The van der Waals surface area contributed by atoms with Crippen molar-refractivity contribution in [2.75, 3.05) is 31.3 Å². The maximum atomic E-state index is 11.7. The summed E-state index contributed by atoms with van der Waals surface area (Å²) in [6.45, 7) is 5.38. The molecule has 1 aromatic carbocycles. The highest BCUT2D eigenvalue weighted by atomic mass is 16.6. The second kappa shape index (κ2) is 6.86. The molecular weight excluding hydrogens is 232 g/mol. The molecular formula is C13H20N2O3. The third-order valence-corrected chi connectivity index (χ3v) is 2.13.